The maximum Gasteiger partial charge on any atom is 0.274 e. The van der Waals surface area contributed by atoms with Gasteiger partial charge in [-0.1, -0.05) is 42.1 Å². The summed E-state index contributed by atoms with van der Waals surface area (Å²) in [4.78, 5) is 29.6. The molecule has 2 heterocycles. The van der Waals surface area contributed by atoms with Crippen LogP contribution in [0.2, 0.25) is 0 Å². The number of aliphatic imine (C=N–C) groups is 1. The van der Waals surface area contributed by atoms with Crippen LogP contribution in [-0.2, 0) is 16.1 Å². The molecule has 2 amide bonds. The van der Waals surface area contributed by atoms with Crippen LogP contribution in [0.15, 0.2) is 35.3 Å². The van der Waals surface area contributed by atoms with Gasteiger partial charge in [-0.05, 0) is 5.56 Å². The number of rotatable bonds is 3. The normalized spacial score (nSPS) is 22.4. The third kappa shape index (κ3) is 2.41. The van der Waals surface area contributed by atoms with Crippen molar-refractivity contribution >= 4 is 28.7 Å². The van der Waals surface area contributed by atoms with Crippen molar-refractivity contribution in [1.29, 1.82) is 0 Å². The molecule has 1 N–H and O–H groups in total. The molecule has 2 aliphatic rings. The number of benzene rings is 1. The molecule has 0 saturated carbocycles. The van der Waals surface area contributed by atoms with Crippen molar-refractivity contribution in [2.24, 2.45) is 4.99 Å². The second-order valence-electron chi connectivity index (χ2n) is 4.37. The standard InChI is InChI=1S/C13H13N3O2S/c17-11-10(14-8-9-4-2-1-3-5-9)12(18)16-6-7-19-13(16)15-11/h1-5,10,14H,6-8H2. The van der Waals surface area contributed by atoms with E-state index in [9.17, 15) is 9.59 Å². The molecule has 0 bridgehead atoms. The Hall–Kier alpha value is -1.66. The second-order valence-corrected chi connectivity index (χ2v) is 5.43. The van der Waals surface area contributed by atoms with Crippen LogP contribution in [0.25, 0.3) is 0 Å². The SMILES string of the molecule is O=C1N=C2SCCN2C(=O)C1NCc1ccccc1. The summed E-state index contributed by atoms with van der Waals surface area (Å²) in [6.07, 6.45) is 0. The zero-order valence-corrected chi connectivity index (χ0v) is 11.0. The average molecular weight is 275 g/mol. The minimum absolute atomic E-state index is 0.184. The monoisotopic (exact) mass is 275 g/mol. The van der Waals surface area contributed by atoms with Gasteiger partial charge in [-0.2, -0.15) is 4.99 Å². The highest BCUT2D eigenvalue weighted by atomic mass is 32.2. The number of nitrogens with zero attached hydrogens (tertiary/aromatic N) is 2. The molecule has 1 aromatic rings. The number of amides is 2. The predicted octanol–water partition coefficient (Wildman–Crippen LogP) is 0.616. The Labute approximate surface area is 115 Å². The van der Waals surface area contributed by atoms with Crippen LogP contribution in [0, 0.1) is 0 Å². The number of hydrogen-bond acceptors (Lipinski definition) is 4. The van der Waals surface area contributed by atoms with Crippen LogP contribution in [0.3, 0.4) is 0 Å². The van der Waals surface area contributed by atoms with Crippen molar-refractivity contribution in [3.63, 3.8) is 0 Å². The molecule has 0 aromatic heterocycles. The smallest absolute Gasteiger partial charge is 0.274 e. The van der Waals surface area contributed by atoms with E-state index in [2.05, 4.69) is 10.3 Å². The molecule has 6 heteroatoms. The van der Waals surface area contributed by atoms with Gasteiger partial charge >= 0.3 is 0 Å². The molecule has 1 unspecified atom stereocenters. The van der Waals surface area contributed by atoms with Crippen molar-refractivity contribution in [1.82, 2.24) is 10.2 Å². The zero-order chi connectivity index (χ0) is 13.2. The number of carbonyl (C=O) groups is 2. The Bertz CT molecular complexity index is 544. The summed E-state index contributed by atoms with van der Waals surface area (Å²) in [5.41, 5.74) is 1.04. The van der Waals surface area contributed by atoms with E-state index in [1.165, 1.54) is 11.8 Å². The van der Waals surface area contributed by atoms with Gasteiger partial charge in [0.1, 0.15) is 0 Å². The molecule has 1 fully saturated rings. The molecule has 1 saturated heterocycles. The Morgan fingerprint density at radius 2 is 2.11 bits per heavy atom. The van der Waals surface area contributed by atoms with Crippen LogP contribution in [0.5, 0.6) is 0 Å². The summed E-state index contributed by atoms with van der Waals surface area (Å²) >= 11 is 1.46. The maximum atomic E-state index is 12.2. The number of nitrogens with one attached hydrogen (secondary N) is 1. The first-order valence-corrected chi connectivity index (χ1v) is 7.08. The third-order valence-corrected chi connectivity index (χ3v) is 4.05. The van der Waals surface area contributed by atoms with Gasteiger partial charge in [0.05, 0.1) is 0 Å². The van der Waals surface area contributed by atoms with Crippen LogP contribution >= 0.6 is 11.8 Å². The lowest BCUT2D eigenvalue weighted by molar-refractivity contribution is -0.136. The molecule has 5 nitrogen and oxygen atoms in total. The fraction of sp³-hybridized carbons (Fsp3) is 0.308. The lowest BCUT2D eigenvalue weighted by Gasteiger charge is -2.25. The number of fused-ring (bicyclic) bond motifs is 1. The van der Waals surface area contributed by atoms with E-state index in [4.69, 9.17) is 0 Å². The summed E-state index contributed by atoms with van der Waals surface area (Å²) in [6, 6.07) is 8.83. The van der Waals surface area contributed by atoms with Gasteiger partial charge in [-0.15, -0.1) is 0 Å². The van der Waals surface area contributed by atoms with E-state index in [1.807, 2.05) is 30.3 Å². The Morgan fingerprint density at radius 3 is 2.89 bits per heavy atom. The quantitative estimate of drug-likeness (QED) is 0.821. The van der Waals surface area contributed by atoms with Crippen molar-refractivity contribution in [3.8, 4) is 0 Å². The van der Waals surface area contributed by atoms with Gasteiger partial charge in [0.2, 0.25) is 0 Å². The number of hydrogen-bond donors (Lipinski definition) is 1. The molecular formula is C13H13N3O2S. The predicted molar refractivity (Wildman–Crippen MR) is 73.7 cm³/mol. The van der Waals surface area contributed by atoms with E-state index in [1.54, 1.807) is 4.90 Å². The van der Waals surface area contributed by atoms with Crippen molar-refractivity contribution < 1.29 is 9.59 Å². The van der Waals surface area contributed by atoms with Crippen LogP contribution in [-0.4, -0.2) is 40.2 Å². The third-order valence-electron chi connectivity index (χ3n) is 3.10. The van der Waals surface area contributed by atoms with Crippen molar-refractivity contribution in [3.05, 3.63) is 35.9 Å². The number of amidine groups is 1. The lowest BCUT2D eigenvalue weighted by atomic mass is 10.1. The molecule has 0 aliphatic carbocycles. The first-order chi connectivity index (χ1) is 9.25. The molecule has 1 atom stereocenters. The minimum Gasteiger partial charge on any atom is -0.294 e. The molecular weight excluding hydrogens is 262 g/mol. The fourth-order valence-corrected chi connectivity index (χ4v) is 3.06. The van der Waals surface area contributed by atoms with Crippen LogP contribution < -0.4 is 5.32 Å². The first-order valence-electron chi connectivity index (χ1n) is 6.10. The first kappa shape index (κ1) is 12.4. The topological polar surface area (TPSA) is 61.8 Å². The highest BCUT2D eigenvalue weighted by Gasteiger charge is 2.39. The molecule has 0 spiro atoms. The highest BCUT2D eigenvalue weighted by molar-refractivity contribution is 8.14. The Morgan fingerprint density at radius 1 is 1.32 bits per heavy atom. The van der Waals surface area contributed by atoms with Gasteiger partial charge in [0.15, 0.2) is 11.2 Å². The van der Waals surface area contributed by atoms with E-state index in [-0.39, 0.29) is 11.8 Å². The molecule has 1 aromatic carbocycles. The molecule has 3 rings (SSSR count). The lowest BCUT2D eigenvalue weighted by Crippen LogP contribution is -2.54. The van der Waals surface area contributed by atoms with Gasteiger partial charge < -0.3 is 0 Å². The summed E-state index contributed by atoms with van der Waals surface area (Å²) in [5, 5.41) is 3.54. The summed E-state index contributed by atoms with van der Waals surface area (Å²) < 4.78 is 0. The van der Waals surface area contributed by atoms with Crippen LogP contribution in [0.4, 0.5) is 0 Å². The summed E-state index contributed by atoms with van der Waals surface area (Å²) in [7, 11) is 0. The van der Waals surface area contributed by atoms with Gasteiger partial charge in [0, 0.05) is 18.8 Å². The average Bonchev–Trinajstić information content (AvgIpc) is 2.88. The van der Waals surface area contributed by atoms with Crippen molar-refractivity contribution in [2.75, 3.05) is 12.3 Å². The zero-order valence-electron chi connectivity index (χ0n) is 10.2. The van der Waals surface area contributed by atoms with Gasteiger partial charge in [-0.3, -0.25) is 19.8 Å². The van der Waals surface area contributed by atoms with Crippen molar-refractivity contribution in [2.45, 2.75) is 12.6 Å². The molecule has 19 heavy (non-hydrogen) atoms. The minimum atomic E-state index is -0.845. The molecule has 2 aliphatic heterocycles. The van der Waals surface area contributed by atoms with Crippen LogP contribution in [0.1, 0.15) is 5.56 Å². The Balaban J connectivity index is 1.71. The number of carbonyl (C=O) groups excluding carboxylic acids is 2. The molecule has 0 radical (unpaired) electrons. The Kier molecular flexibility index (Phi) is 3.35. The highest BCUT2D eigenvalue weighted by Crippen LogP contribution is 2.22. The van der Waals surface area contributed by atoms with Gasteiger partial charge in [-0.25, -0.2) is 0 Å². The van der Waals surface area contributed by atoms with E-state index >= 15 is 0 Å². The number of thioether (sulfide) groups is 1. The van der Waals surface area contributed by atoms with E-state index in [0.717, 1.165) is 11.3 Å². The molecule has 98 valence electrons. The summed E-state index contributed by atoms with van der Waals surface area (Å²) in [5.74, 6) is 0.237. The largest absolute Gasteiger partial charge is 0.294 e. The van der Waals surface area contributed by atoms with E-state index in [0.29, 0.717) is 18.3 Å². The summed E-state index contributed by atoms with van der Waals surface area (Å²) in [6.45, 7) is 1.12. The van der Waals surface area contributed by atoms with Gasteiger partial charge in [0.25, 0.3) is 11.8 Å². The second kappa shape index (κ2) is 5.14. The fourth-order valence-electron chi connectivity index (χ4n) is 2.11. The maximum absolute atomic E-state index is 12.2. The van der Waals surface area contributed by atoms with E-state index < -0.39 is 6.04 Å².